The fraction of sp³-hybridized carbons (Fsp3) is 0.367. The second-order valence-electron chi connectivity index (χ2n) is 10.5. The Morgan fingerprint density at radius 3 is 2.40 bits per heavy atom. The van der Waals surface area contributed by atoms with E-state index < -0.39 is 5.60 Å². The molecule has 1 unspecified atom stereocenters. The molecular formula is C30H35N3O2. The van der Waals surface area contributed by atoms with Crippen LogP contribution in [-0.2, 0) is 4.74 Å². The Kier molecular flexibility index (Phi) is 7.06. The quantitative estimate of drug-likeness (QED) is 0.412. The Morgan fingerprint density at radius 1 is 1.09 bits per heavy atom. The molecule has 3 aromatic rings. The Bertz CT molecular complexity index is 1200. The highest BCUT2D eigenvalue weighted by atomic mass is 16.6. The van der Waals surface area contributed by atoms with Gasteiger partial charge in [0.05, 0.1) is 0 Å². The van der Waals surface area contributed by atoms with Crippen molar-refractivity contribution in [3.8, 4) is 0 Å². The monoisotopic (exact) mass is 469 g/mol. The van der Waals surface area contributed by atoms with E-state index in [1.165, 1.54) is 22.3 Å². The number of likely N-dealkylation sites (tertiary alicyclic amines) is 1. The van der Waals surface area contributed by atoms with Crippen LogP contribution in [0, 0.1) is 19.3 Å². The van der Waals surface area contributed by atoms with E-state index in [4.69, 9.17) is 10.1 Å². The molecule has 0 bridgehead atoms. The third kappa shape index (κ3) is 5.97. The Balaban J connectivity index is 1.51. The fourth-order valence-corrected chi connectivity index (χ4v) is 4.61. The summed E-state index contributed by atoms with van der Waals surface area (Å²) in [6.07, 6.45) is 2.15. The molecule has 1 fully saturated rings. The van der Waals surface area contributed by atoms with Crippen LogP contribution in [0.25, 0.3) is 0 Å². The summed E-state index contributed by atoms with van der Waals surface area (Å²) in [6, 6.07) is 21.1. The molecule has 1 atom stereocenters. The predicted molar refractivity (Wildman–Crippen MR) is 140 cm³/mol. The van der Waals surface area contributed by atoms with Gasteiger partial charge >= 0.3 is 6.09 Å². The van der Waals surface area contributed by atoms with E-state index in [1.807, 2.05) is 39.8 Å². The van der Waals surface area contributed by atoms with Crippen LogP contribution in [0.15, 0.2) is 66.9 Å². The molecule has 1 N–H and O–H groups in total. The lowest BCUT2D eigenvalue weighted by atomic mass is 9.82. The van der Waals surface area contributed by atoms with Gasteiger partial charge in [-0.05, 0) is 74.6 Å². The molecule has 1 amide bonds. The SMILES string of the molecule is Cc1cc(C(=N)CC(c2ccc(C3CN(C(=O)OC(C)(C)C)C3)cc2)c2ccccc2C)ccn1. The second-order valence-corrected chi connectivity index (χ2v) is 10.5. The molecule has 182 valence electrons. The topological polar surface area (TPSA) is 66.3 Å². The van der Waals surface area contributed by atoms with Crippen LogP contribution in [0.1, 0.15) is 72.5 Å². The zero-order chi connectivity index (χ0) is 25.2. The summed E-state index contributed by atoms with van der Waals surface area (Å²) in [6.45, 7) is 11.1. The number of carbonyl (C=O) groups is 1. The van der Waals surface area contributed by atoms with E-state index in [-0.39, 0.29) is 12.0 Å². The van der Waals surface area contributed by atoms with Gasteiger partial charge in [0.2, 0.25) is 0 Å². The summed E-state index contributed by atoms with van der Waals surface area (Å²) in [5.41, 5.74) is 6.88. The zero-order valence-corrected chi connectivity index (χ0v) is 21.3. The number of aromatic nitrogens is 1. The van der Waals surface area contributed by atoms with Crippen LogP contribution in [0.3, 0.4) is 0 Å². The third-order valence-corrected chi connectivity index (χ3v) is 6.56. The molecule has 5 heteroatoms. The Labute approximate surface area is 208 Å². The number of hydrogen-bond acceptors (Lipinski definition) is 4. The highest BCUT2D eigenvalue weighted by Crippen LogP contribution is 2.34. The molecule has 35 heavy (non-hydrogen) atoms. The van der Waals surface area contributed by atoms with Gasteiger partial charge in [-0.2, -0.15) is 0 Å². The first-order valence-electron chi connectivity index (χ1n) is 12.2. The number of amides is 1. The van der Waals surface area contributed by atoms with Crippen molar-refractivity contribution in [3.63, 3.8) is 0 Å². The maximum atomic E-state index is 12.3. The van der Waals surface area contributed by atoms with Gasteiger partial charge in [0, 0.05) is 48.9 Å². The maximum absolute atomic E-state index is 12.3. The number of hydrogen-bond donors (Lipinski definition) is 1. The van der Waals surface area contributed by atoms with E-state index in [2.05, 4.69) is 60.4 Å². The summed E-state index contributed by atoms with van der Waals surface area (Å²) in [7, 11) is 0. The van der Waals surface area contributed by atoms with Gasteiger partial charge in [0.1, 0.15) is 5.60 Å². The van der Waals surface area contributed by atoms with Crippen molar-refractivity contribution in [1.82, 2.24) is 9.88 Å². The largest absolute Gasteiger partial charge is 0.444 e. The van der Waals surface area contributed by atoms with Gasteiger partial charge in [0.15, 0.2) is 0 Å². The number of nitrogens with one attached hydrogen (secondary N) is 1. The normalized spacial score (nSPS) is 14.8. The van der Waals surface area contributed by atoms with Crippen LogP contribution in [0.4, 0.5) is 4.79 Å². The van der Waals surface area contributed by atoms with Crippen molar-refractivity contribution in [2.45, 2.75) is 58.5 Å². The van der Waals surface area contributed by atoms with Crippen molar-refractivity contribution >= 4 is 11.8 Å². The highest BCUT2D eigenvalue weighted by Gasteiger charge is 2.34. The molecule has 1 saturated heterocycles. The standard InChI is InChI=1S/C30H35N3O2/c1-20-8-6-7-9-26(20)27(17-28(31)24-14-15-32-21(2)16-24)23-12-10-22(11-13-23)25-18-33(19-25)29(34)35-30(3,4)5/h6-16,25,27,31H,17-19H2,1-5H3. The Hall–Kier alpha value is -3.47. The fourth-order valence-electron chi connectivity index (χ4n) is 4.61. The van der Waals surface area contributed by atoms with Gasteiger partial charge in [-0.1, -0.05) is 48.5 Å². The smallest absolute Gasteiger partial charge is 0.410 e. The van der Waals surface area contributed by atoms with Crippen molar-refractivity contribution in [2.75, 3.05) is 13.1 Å². The predicted octanol–water partition coefficient (Wildman–Crippen LogP) is 6.62. The van der Waals surface area contributed by atoms with Gasteiger partial charge in [-0.3, -0.25) is 4.98 Å². The molecule has 0 saturated carbocycles. The highest BCUT2D eigenvalue weighted by molar-refractivity contribution is 5.99. The number of rotatable bonds is 6. The van der Waals surface area contributed by atoms with E-state index in [0.717, 1.165) is 11.3 Å². The van der Waals surface area contributed by atoms with Crippen LogP contribution in [0.2, 0.25) is 0 Å². The number of carbonyl (C=O) groups excluding carboxylic acids is 1. The molecule has 0 spiro atoms. The number of pyridine rings is 1. The minimum absolute atomic E-state index is 0.0888. The van der Waals surface area contributed by atoms with Crippen LogP contribution in [-0.4, -0.2) is 40.4 Å². The summed E-state index contributed by atoms with van der Waals surface area (Å²) in [4.78, 5) is 18.3. The lowest BCUT2D eigenvalue weighted by molar-refractivity contribution is 0.00819. The van der Waals surface area contributed by atoms with Gasteiger partial charge in [0.25, 0.3) is 0 Å². The molecule has 1 aromatic heterocycles. The molecule has 0 radical (unpaired) electrons. The van der Waals surface area contributed by atoms with Gasteiger partial charge in [-0.15, -0.1) is 0 Å². The molecule has 1 aliphatic rings. The summed E-state index contributed by atoms with van der Waals surface area (Å²) >= 11 is 0. The lowest BCUT2D eigenvalue weighted by Crippen LogP contribution is -2.50. The average Bonchev–Trinajstić information content (AvgIpc) is 2.76. The zero-order valence-electron chi connectivity index (χ0n) is 21.3. The van der Waals surface area contributed by atoms with Gasteiger partial charge < -0.3 is 15.0 Å². The minimum Gasteiger partial charge on any atom is -0.444 e. The van der Waals surface area contributed by atoms with Crippen molar-refractivity contribution in [3.05, 3.63) is 100 Å². The van der Waals surface area contributed by atoms with Crippen LogP contribution >= 0.6 is 0 Å². The van der Waals surface area contributed by atoms with Crippen molar-refractivity contribution in [2.24, 2.45) is 0 Å². The lowest BCUT2D eigenvalue weighted by Gasteiger charge is -2.40. The van der Waals surface area contributed by atoms with E-state index >= 15 is 0 Å². The number of aryl methyl sites for hydroxylation is 2. The maximum Gasteiger partial charge on any atom is 0.410 e. The van der Waals surface area contributed by atoms with E-state index in [1.54, 1.807) is 11.1 Å². The van der Waals surface area contributed by atoms with Crippen molar-refractivity contribution in [1.29, 1.82) is 5.41 Å². The molecule has 4 rings (SSSR count). The second kappa shape index (κ2) is 10.0. The summed E-state index contributed by atoms with van der Waals surface area (Å²) < 4.78 is 5.48. The molecular weight excluding hydrogens is 434 g/mol. The van der Waals surface area contributed by atoms with Crippen LogP contribution < -0.4 is 0 Å². The van der Waals surface area contributed by atoms with Crippen LogP contribution in [0.5, 0.6) is 0 Å². The first-order chi connectivity index (χ1) is 16.6. The summed E-state index contributed by atoms with van der Waals surface area (Å²) in [5.74, 6) is 0.414. The molecule has 0 aliphatic carbocycles. The van der Waals surface area contributed by atoms with E-state index in [0.29, 0.717) is 31.1 Å². The molecule has 5 nitrogen and oxygen atoms in total. The minimum atomic E-state index is -0.475. The average molecular weight is 470 g/mol. The molecule has 1 aliphatic heterocycles. The Morgan fingerprint density at radius 2 is 1.77 bits per heavy atom. The van der Waals surface area contributed by atoms with Crippen molar-refractivity contribution < 1.29 is 9.53 Å². The first-order valence-corrected chi connectivity index (χ1v) is 12.2. The molecule has 2 aromatic carbocycles. The number of benzene rings is 2. The number of ether oxygens (including phenoxy) is 1. The number of nitrogens with zero attached hydrogens (tertiary/aromatic N) is 2. The third-order valence-electron chi connectivity index (χ3n) is 6.56. The van der Waals surface area contributed by atoms with Gasteiger partial charge in [-0.25, -0.2) is 4.79 Å². The van der Waals surface area contributed by atoms with E-state index in [9.17, 15) is 4.79 Å². The molecule has 2 heterocycles. The first kappa shape index (κ1) is 24.6. The summed E-state index contributed by atoms with van der Waals surface area (Å²) in [5, 5.41) is 8.82.